The molecule has 1 unspecified atom stereocenters. The maximum Gasteiger partial charge on any atom is 0.408 e. The molecule has 0 saturated carbocycles. The third kappa shape index (κ3) is 5.80. The van der Waals surface area contributed by atoms with Gasteiger partial charge in [0.25, 0.3) is 0 Å². The first-order chi connectivity index (χ1) is 12.0. The summed E-state index contributed by atoms with van der Waals surface area (Å²) < 4.78 is 5.06. The largest absolute Gasteiger partial charge is 0.506 e. The van der Waals surface area contributed by atoms with Crippen molar-refractivity contribution in [1.29, 1.82) is 0 Å². The van der Waals surface area contributed by atoms with Crippen LogP contribution in [0.5, 0.6) is 5.75 Å². The van der Waals surface area contributed by atoms with Gasteiger partial charge in [0.15, 0.2) is 0 Å². The van der Waals surface area contributed by atoms with Gasteiger partial charge in [0.05, 0.1) is 6.20 Å². The molecule has 7 nitrogen and oxygen atoms in total. The fraction of sp³-hybridized carbons (Fsp3) is 0.278. The quantitative estimate of drug-likeness (QED) is 0.711. The fourth-order valence-electron chi connectivity index (χ4n) is 2.32. The van der Waals surface area contributed by atoms with E-state index in [0.29, 0.717) is 12.1 Å². The minimum Gasteiger partial charge on any atom is -0.506 e. The Balaban J connectivity index is 1.91. The van der Waals surface area contributed by atoms with Gasteiger partial charge in [-0.15, -0.1) is 0 Å². The van der Waals surface area contributed by atoms with E-state index in [9.17, 15) is 19.8 Å². The Bertz CT molecular complexity index is 703. The number of alkyl carbamates (subject to hydrolysis) is 1. The van der Waals surface area contributed by atoms with Crippen LogP contribution in [0.4, 0.5) is 4.79 Å². The number of aliphatic carboxylic acids is 1. The summed E-state index contributed by atoms with van der Waals surface area (Å²) in [6, 6.07) is 11.1. The van der Waals surface area contributed by atoms with Gasteiger partial charge in [0.2, 0.25) is 0 Å². The van der Waals surface area contributed by atoms with Crippen molar-refractivity contribution in [2.45, 2.75) is 26.0 Å². The molecule has 1 heterocycles. The third-order valence-electron chi connectivity index (χ3n) is 3.66. The van der Waals surface area contributed by atoms with Crippen LogP contribution >= 0.6 is 0 Å². The lowest BCUT2D eigenvalue weighted by Gasteiger charge is -2.21. The predicted molar refractivity (Wildman–Crippen MR) is 90.0 cm³/mol. The summed E-state index contributed by atoms with van der Waals surface area (Å²) in [5.41, 5.74) is 1.43. The minimum absolute atomic E-state index is 0.0359. The van der Waals surface area contributed by atoms with E-state index < -0.39 is 24.0 Å². The first-order valence-electron chi connectivity index (χ1n) is 7.79. The number of benzene rings is 1. The molecule has 1 amide bonds. The molecule has 7 heteroatoms. The van der Waals surface area contributed by atoms with E-state index >= 15 is 0 Å². The lowest BCUT2D eigenvalue weighted by Crippen LogP contribution is -2.46. The van der Waals surface area contributed by atoms with Crippen LogP contribution in [0.2, 0.25) is 0 Å². The minimum atomic E-state index is -1.15. The number of aromatic nitrogens is 1. The van der Waals surface area contributed by atoms with E-state index in [1.54, 1.807) is 25.1 Å². The highest BCUT2D eigenvalue weighted by molar-refractivity contribution is 5.80. The van der Waals surface area contributed by atoms with Crippen molar-refractivity contribution in [1.82, 2.24) is 10.3 Å². The second kappa shape index (κ2) is 8.68. The Hall–Kier alpha value is -3.09. The van der Waals surface area contributed by atoms with Crippen molar-refractivity contribution in [3.8, 4) is 5.75 Å². The van der Waals surface area contributed by atoms with E-state index in [1.165, 1.54) is 12.3 Å². The zero-order valence-corrected chi connectivity index (χ0v) is 13.8. The molecule has 0 spiro atoms. The third-order valence-corrected chi connectivity index (χ3v) is 3.66. The van der Waals surface area contributed by atoms with Gasteiger partial charge >= 0.3 is 12.1 Å². The van der Waals surface area contributed by atoms with E-state index in [0.717, 1.165) is 5.56 Å². The molecule has 0 aliphatic rings. The summed E-state index contributed by atoms with van der Waals surface area (Å²) in [5, 5.41) is 21.0. The maximum atomic E-state index is 11.9. The average Bonchev–Trinajstić information content (AvgIpc) is 2.60. The number of carboxylic acids is 1. The van der Waals surface area contributed by atoms with Gasteiger partial charge in [-0.3, -0.25) is 4.98 Å². The van der Waals surface area contributed by atoms with Crippen molar-refractivity contribution in [2.24, 2.45) is 5.92 Å². The molecule has 0 saturated heterocycles. The number of ether oxygens (including phenoxy) is 1. The standard InChI is InChI=1S/C18H20N2O5/c1-12(9-14-7-8-15(21)10-19-14)16(17(22)23)20-18(24)25-11-13-5-3-2-4-6-13/h2-8,10,12,16,21H,9,11H2,1H3,(H,20,24)(H,22,23)/t12?,16-/m0/s1. The number of pyridine rings is 1. The number of hydrogen-bond donors (Lipinski definition) is 3. The van der Waals surface area contributed by atoms with Gasteiger partial charge in [-0.25, -0.2) is 9.59 Å². The molecule has 2 rings (SSSR count). The zero-order chi connectivity index (χ0) is 18.2. The first kappa shape index (κ1) is 18.3. The summed E-state index contributed by atoms with van der Waals surface area (Å²) in [6.45, 7) is 1.76. The van der Waals surface area contributed by atoms with Crippen LogP contribution in [-0.2, 0) is 22.6 Å². The topological polar surface area (TPSA) is 109 Å². The van der Waals surface area contributed by atoms with Crippen LogP contribution in [0.3, 0.4) is 0 Å². The number of hydrogen-bond acceptors (Lipinski definition) is 5. The monoisotopic (exact) mass is 344 g/mol. The average molecular weight is 344 g/mol. The van der Waals surface area contributed by atoms with Gasteiger partial charge in [0, 0.05) is 5.69 Å². The van der Waals surface area contributed by atoms with E-state index in [2.05, 4.69) is 10.3 Å². The highest BCUT2D eigenvalue weighted by atomic mass is 16.5. The molecule has 25 heavy (non-hydrogen) atoms. The molecule has 0 radical (unpaired) electrons. The molecule has 0 aliphatic carbocycles. The fourth-order valence-corrected chi connectivity index (χ4v) is 2.32. The van der Waals surface area contributed by atoms with Gasteiger partial charge < -0.3 is 20.3 Å². The van der Waals surface area contributed by atoms with Crippen LogP contribution in [0.15, 0.2) is 48.7 Å². The number of aromatic hydroxyl groups is 1. The Morgan fingerprint density at radius 2 is 1.92 bits per heavy atom. The van der Waals surface area contributed by atoms with E-state index in [1.807, 2.05) is 18.2 Å². The lowest BCUT2D eigenvalue weighted by atomic mass is 9.96. The molecule has 2 aromatic rings. The number of amides is 1. The molecule has 0 fully saturated rings. The van der Waals surface area contributed by atoms with Gasteiger partial charge in [-0.05, 0) is 30.0 Å². The molecule has 1 aromatic carbocycles. The molecular formula is C18H20N2O5. The van der Waals surface area contributed by atoms with Crippen LogP contribution in [0.1, 0.15) is 18.2 Å². The van der Waals surface area contributed by atoms with Crippen molar-refractivity contribution in [2.75, 3.05) is 0 Å². The highest BCUT2D eigenvalue weighted by Crippen LogP contribution is 2.14. The highest BCUT2D eigenvalue weighted by Gasteiger charge is 2.27. The Morgan fingerprint density at radius 3 is 2.52 bits per heavy atom. The second-order valence-electron chi connectivity index (χ2n) is 5.71. The number of carboxylic acid groups (broad SMARTS) is 1. The van der Waals surface area contributed by atoms with Crippen molar-refractivity contribution >= 4 is 12.1 Å². The van der Waals surface area contributed by atoms with Gasteiger partial charge in [0.1, 0.15) is 18.4 Å². The normalized spacial score (nSPS) is 12.8. The summed E-state index contributed by atoms with van der Waals surface area (Å²) in [4.78, 5) is 27.4. The van der Waals surface area contributed by atoms with E-state index in [-0.39, 0.29) is 12.4 Å². The molecule has 2 atom stereocenters. The van der Waals surface area contributed by atoms with Gasteiger partial charge in [-0.1, -0.05) is 37.3 Å². The predicted octanol–water partition coefficient (Wildman–Crippen LogP) is 2.35. The smallest absolute Gasteiger partial charge is 0.408 e. The molecule has 0 aliphatic heterocycles. The van der Waals surface area contributed by atoms with Crippen LogP contribution in [0, 0.1) is 5.92 Å². The molecular weight excluding hydrogens is 324 g/mol. The van der Waals surface area contributed by atoms with Crippen LogP contribution < -0.4 is 5.32 Å². The number of nitrogens with one attached hydrogen (secondary N) is 1. The first-order valence-corrected chi connectivity index (χ1v) is 7.79. The van der Waals surface area contributed by atoms with Crippen LogP contribution in [-0.4, -0.2) is 33.3 Å². The zero-order valence-electron chi connectivity index (χ0n) is 13.8. The van der Waals surface area contributed by atoms with Crippen LogP contribution in [0.25, 0.3) is 0 Å². The molecule has 3 N–H and O–H groups in total. The molecule has 132 valence electrons. The van der Waals surface area contributed by atoms with Gasteiger partial charge in [-0.2, -0.15) is 0 Å². The summed E-state index contributed by atoms with van der Waals surface area (Å²) in [5.74, 6) is -1.53. The summed E-state index contributed by atoms with van der Waals surface area (Å²) >= 11 is 0. The Labute approximate surface area is 145 Å². The number of nitrogens with zero attached hydrogens (tertiary/aromatic N) is 1. The maximum absolute atomic E-state index is 11.9. The number of rotatable bonds is 7. The summed E-state index contributed by atoms with van der Waals surface area (Å²) in [6.07, 6.45) is 0.831. The lowest BCUT2D eigenvalue weighted by molar-refractivity contribution is -0.140. The Kier molecular flexibility index (Phi) is 6.33. The Morgan fingerprint density at radius 1 is 1.20 bits per heavy atom. The number of carbonyl (C=O) groups is 2. The summed E-state index contributed by atoms with van der Waals surface area (Å²) in [7, 11) is 0. The molecule has 0 bridgehead atoms. The van der Waals surface area contributed by atoms with E-state index in [4.69, 9.17) is 4.74 Å². The number of carbonyl (C=O) groups excluding carboxylic acids is 1. The second-order valence-corrected chi connectivity index (χ2v) is 5.71. The SMILES string of the molecule is CC(Cc1ccc(O)cn1)[C@H](NC(=O)OCc1ccccc1)C(=O)O. The van der Waals surface area contributed by atoms with Crippen molar-refractivity contribution in [3.63, 3.8) is 0 Å². The van der Waals surface area contributed by atoms with Crippen molar-refractivity contribution in [3.05, 3.63) is 59.9 Å². The molecule has 1 aromatic heterocycles. The van der Waals surface area contributed by atoms with Crippen molar-refractivity contribution < 1.29 is 24.5 Å².